The summed E-state index contributed by atoms with van der Waals surface area (Å²) in [6, 6.07) is 14.9. The van der Waals surface area contributed by atoms with Gasteiger partial charge in [0.1, 0.15) is 12.5 Å². The summed E-state index contributed by atoms with van der Waals surface area (Å²) in [5.41, 5.74) is 2.91. The van der Waals surface area contributed by atoms with Gasteiger partial charge in [0.2, 0.25) is 5.91 Å². The fourth-order valence-corrected chi connectivity index (χ4v) is 7.57. The number of nitrogens with zero attached hydrogens (tertiary/aromatic N) is 3. The van der Waals surface area contributed by atoms with Crippen LogP contribution in [0.3, 0.4) is 0 Å². The van der Waals surface area contributed by atoms with Gasteiger partial charge in [-0.3, -0.25) is 14.6 Å². The molecule has 47 heavy (non-hydrogen) atoms. The van der Waals surface area contributed by atoms with Gasteiger partial charge in [0.05, 0.1) is 18.9 Å². The van der Waals surface area contributed by atoms with Crippen LogP contribution < -0.4 is 14.5 Å². The number of hydrogen-bond acceptors (Lipinski definition) is 8. The highest BCUT2D eigenvalue weighted by Crippen LogP contribution is 2.42. The topological polar surface area (TPSA) is 74.7 Å². The van der Waals surface area contributed by atoms with Crippen molar-refractivity contribution in [2.75, 3.05) is 62.5 Å². The van der Waals surface area contributed by atoms with Crippen LogP contribution in [0.5, 0.6) is 5.75 Å². The van der Waals surface area contributed by atoms with E-state index in [1.54, 1.807) is 4.90 Å². The number of ether oxygens (including phenoxy) is 3. The number of fused-ring (bicyclic) bond motifs is 2. The molecular formula is C38H55N3O5S. The zero-order chi connectivity index (χ0) is 33.1. The van der Waals surface area contributed by atoms with E-state index in [4.69, 9.17) is 14.2 Å². The minimum Gasteiger partial charge on any atom is -0.494 e. The molecule has 258 valence electrons. The van der Waals surface area contributed by atoms with Crippen LogP contribution in [-0.2, 0) is 19.7 Å². The molecule has 3 aromatic rings. The molecule has 1 N–H and O–H groups in total. The van der Waals surface area contributed by atoms with Crippen molar-refractivity contribution in [2.45, 2.75) is 96.9 Å². The Balaban J connectivity index is 1.03. The van der Waals surface area contributed by atoms with Crippen molar-refractivity contribution >= 4 is 38.7 Å². The first-order valence-corrected chi connectivity index (χ1v) is 18.7. The Morgan fingerprint density at radius 1 is 0.872 bits per heavy atom. The number of rotatable bonds is 19. The molecule has 0 aliphatic carbocycles. The first-order chi connectivity index (χ1) is 22.9. The molecule has 1 fully saturated rings. The van der Waals surface area contributed by atoms with Crippen molar-refractivity contribution in [3.63, 3.8) is 0 Å². The van der Waals surface area contributed by atoms with E-state index in [9.17, 15) is 9.90 Å². The number of carbonyl (C=O) groups is 1. The van der Waals surface area contributed by atoms with Crippen LogP contribution in [-0.4, -0.2) is 75.1 Å². The molecule has 2 aliphatic rings. The van der Waals surface area contributed by atoms with E-state index >= 15 is 0 Å². The molecule has 0 spiro atoms. The Morgan fingerprint density at radius 3 is 2.45 bits per heavy atom. The van der Waals surface area contributed by atoms with Crippen molar-refractivity contribution in [1.29, 1.82) is 0 Å². The summed E-state index contributed by atoms with van der Waals surface area (Å²) in [6.45, 7) is 11.4. The first-order valence-electron chi connectivity index (χ1n) is 17.8. The Labute approximate surface area is 285 Å². The summed E-state index contributed by atoms with van der Waals surface area (Å²) in [7, 11) is 0. The lowest BCUT2D eigenvalue weighted by Crippen LogP contribution is -2.46. The van der Waals surface area contributed by atoms with Gasteiger partial charge in [0.15, 0.2) is 0 Å². The van der Waals surface area contributed by atoms with E-state index in [1.807, 2.05) is 23.5 Å². The van der Waals surface area contributed by atoms with Crippen LogP contribution in [0.25, 0.3) is 10.1 Å². The maximum Gasteiger partial charge on any atom is 0.270 e. The highest BCUT2D eigenvalue weighted by molar-refractivity contribution is 7.17. The van der Waals surface area contributed by atoms with Gasteiger partial charge in [-0.15, -0.1) is 11.3 Å². The van der Waals surface area contributed by atoms with E-state index in [-0.39, 0.29) is 18.1 Å². The van der Waals surface area contributed by atoms with Crippen molar-refractivity contribution in [3.8, 4) is 5.75 Å². The van der Waals surface area contributed by atoms with E-state index in [1.165, 1.54) is 47.9 Å². The summed E-state index contributed by atoms with van der Waals surface area (Å²) >= 11 is 1.81. The minimum atomic E-state index is -1.36. The predicted molar refractivity (Wildman–Crippen MR) is 193 cm³/mol. The zero-order valence-corrected chi connectivity index (χ0v) is 29.6. The predicted octanol–water partition coefficient (Wildman–Crippen LogP) is 7.91. The standard InChI is InChI=1S/C38H55N3O5S/c1-4-5-6-7-8-9-11-25-45-37(43)46-29-41-34-27-30(16-17-32(34)38(2,3)28-36(41)42)44-24-12-10-19-39-20-22-40(23-21-39)33-14-13-15-35-31(33)18-26-47-35/h13-18,26-27,37,43H,4-12,19-25,28-29H2,1-3H3. The van der Waals surface area contributed by atoms with Crippen LogP contribution in [0, 0.1) is 0 Å². The average molecular weight is 666 g/mol. The van der Waals surface area contributed by atoms with Crippen LogP contribution in [0.15, 0.2) is 47.8 Å². The van der Waals surface area contributed by atoms with Gasteiger partial charge in [0.25, 0.3) is 6.48 Å². The lowest BCUT2D eigenvalue weighted by Gasteiger charge is -2.38. The molecule has 1 saturated heterocycles. The SMILES string of the molecule is CCCCCCCCCOC(O)OCN1C(=O)CC(C)(C)c2ccc(OCCCCN3CCN(c4cccc5sccc45)CC3)cc21. The number of aliphatic hydroxyl groups excluding tert-OH is 1. The summed E-state index contributed by atoms with van der Waals surface area (Å²) in [4.78, 5) is 19.9. The fourth-order valence-electron chi connectivity index (χ4n) is 6.76. The second kappa shape index (κ2) is 17.6. The molecule has 2 aromatic carbocycles. The number of piperazine rings is 1. The summed E-state index contributed by atoms with van der Waals surface area (Å²) < 4.78 is 18.6. The first kappa shape index (κ1) is 35.6. The van der Waals surface area contributed by atoms with Gasteiger partial charge in [-0.25, -0.2) is 0 Å². The quantitative estimate of drug-likeness (QED) is 0.103. The number of carbonyl (C=O) groups excluding carboxylic acids is 1. The number of unbranched alkanes of at least 4 members (excludes halogenated alkanes) is 7. The van der Waals surface area contributed by atoms with Gasteiger partial charge in [0, 0.05) is 59.9 Å². The third-order valence-corrected chi connectivity index (χ3v) is 10.4. The Morgan fingerprint density at radius 2 is 1.64 bits per heavy atom. The summed E-state index contributed by atoms with van der Waals surface area (Å²) in [5.74, 6) is 0.706. The largest absolute Gasteiger partial charge is 0.494 e. The lowest BCUT2D eigenvalue weighted by molar-refractivity contribution is -0.262. The van der Waals surface area contributed by atoms with Crippen LogP contribution >= 0.6 is 11.3 Å². The van der Waals surface area contributed by atoms with Crippen LogP contribution in [0.2, 0.25) is 0 Å². The van der Waals surface area contributed by atoms with Crippen molar-refractivity contribution < 1.29 is 24.1 Å². The molecule has 0 saturated carbocycles. The Bertz CT molecular complexity index is 1400. The molecule has 2 aliphatic heterocycles. The zero-order valence-electron chi connectivity index (χ0n) is 28.8. The molecule has 1 amide bonds. The van der Waals surface area contributed by atoms with E-state index in [0.29, 0.717) is 19.6 Å². The number of hydrogen-bond donors (Lipinski definition) is 1. The van der Waals surface area contributed by atoms with Gasteiger partial charge in [-0.2, -0.15) is 0 Å². The molecule has 1 unspecified atom stereocenters. The Kier molecular flexibility index (Phi) is 13.4. The Hall–Kier alpha value is -2.69. The average Bonchev–Trinajstić information content (AvgIpc) is 3.55. The van der Waals surface area contributed by atoms with Gasteiger partial charge < -0.3 is 24.2 Å². The molecule has 5 rings (SSSR count). The van der Waals surface area contributed by atoms with E-state index < -0.39 is 6.48 Å². The van der Waals surface area contributed by atoms with Gasteiger partial charge >= 0.3 is 0 Å². The molecule has 9 heteroatoms. The maximum absolute atomic E-state index is 13.2. The normalized spacial score (nSPS) is 17.3. The highest BCUT2D eigenvalue weighted by atomic mass is 32.1. The lowest BCUT2D eigenvalue weighted by atomic mass is 9.77. The molecule has 1 aromatic heterocycles. The van der Waals surface area contributed by atoms with Crippen molar-refractivity contribution in [1.82, 2.24) is 4.90 Å². The molecule has 8 nitrogen and oxygen atoms in total. The highest BCUT2D eigenvalue weighted by Gasteiger charge is 2.37. The summed E-state index contributed by atoms with van der Waals surface area (Å²) in [6.07, 6.45) is 10.6. The number of anilines is 2. The molecule has 0 radical (unpaired) electrons. The van der Waals surface area contributed by atoms with Crippen LogP contribution in [0.4, 0.5) is 11.4 Å². The monoisotopic (exact) mass is 665 g/mol. The number of aliphatic hydroxyl groups is 1. The third kappa shape index (κ3) is 9.92. The number of benzene rings is 2. The van der Waals surface area contributed by atoms with E-state index in [2.05, 4.69) is 66.3 Å². The number of thiophene rings is 1. The van der Waals surface area contributed by atoms with Gasteiger partial charge in [-0.1, -0.05) is 71.4 Å². The second-order valence-electron chi connectivity index (χ2n) is 13.7. The smallest absolute Gasteiger partial charge is 0.270 e. The minimum absolute atomic E-state index is 0.0361. The number of amides is 1. The van der Waals surface area contributed by atoms with Crippen LogP contribution in [0.1, 0.15) is 90.5 Å². The van der Waals surface area contributed by atoms with Gasteiger partial charge in [-0.05, 0) is 61.0 Å². The van der Waals surface area contributed by atoms with Crippen molar-refractivity contribution in [3.05, 3.63) is 53.4 Å². The molecule has 1 atom stereocenters. The molecular weight excluding hydrogens is 611 g/mol. The summed E-state index contributed by atoms with van der Waals surface area (Å²) in [5, 5.41) is 13.8. The van der Waals surface area contributed by atoms with E-state index in [0.717, 1.165) is 75.4 Å². The molecule has 3 heterocycles. The van der Waals surface area contributed by atoms with Crippen molar-refractivity contribution in [2.24, 2.45) is 0 Å². The third-order valence-electron chi connectivity index (χ3n) is 9.56. The maximum atomic E-state index is 13.2. The molecule has 0 bridgehead atoms. The fraction of sp³-hybridized carbons (Fsp3) is 0.605. The second-order valence-corrected chi connectivity index (χ2v) is 14.6.